The summed E-state index contributed by atoms with van der Waals surface area (Å²) < 4.78 is 29.4. The van der Waals surface area contributed by atoms with Crippen LogP contribution in [0.25, 0.3) is 0 Å². The molecule has 5 heteroatoms. The van der Waals surface area contributed by atoms with Gasteiger partial charge in [-0.3, -0.25) is 0 Å². The van der Waals surface area contributed by atoms with Crippen LogP contribution in [0.3, 0.4) is 0 Å². The van der Waals surface area contributed by atoms with Crippen LogP contribution >= 0.6 is 0 Å². The van der Waals surface area contributed by atoms with Crippen molar-refractivity contribution in [2.75, 3.05) is 12.8 Å². The molecule has 3 atom stereocenters. The topological polar surface area (TPSA) is 59.3 Å². The van der Waals surface area contributed by atoms with Gasteiger partial charge in [-0.05, 0) is 50.8 Å². The molecule has 1 N–H and O–H groups in total. The lowest BCUT2D eigenvalue weighted by atomic mass is 9.82. The maximum absolute atomic E-state index is 11.8. The summed E-state index contributed by atoms with van der Waals surface area (Å²) in [5.41, 5.74) is 0. The maximum Gasteiger partial charge on any atom is 0.150 e. The monoisotopic (exact) mass is 299 g/mol. The zero-order valence-electron chi connectivity index (χ0n) is 12.6. The van der Waals surface area contributed by atoms with Gasteiger partial charge in [-0.1, -0.05) is 13.3 Å². The molecule has 1 saturated carbocycles. The molecular weight excluding hydrogens is 274 g/mol. The van der Waals surface area contributed by atoms with Crippen LogP contribution in [-0.2, 0) is 9.84 Å². The summed E-state index contributed by atoms with van der Waals surface area (Å²) in [6.45, 7) is 4.86. The third kappa shape index (κ3) is 3.64. The number of hydrogen-bond donors (Lipinski definition) is 1. The molecular formula is C15H25NO3S. The van der Waals surface area contributed by atoms with Crippen molar-refractivity contribution in [3.63, 3.8) is 0 Å². The Hall–Kier alpha value is -0.810. The van der Waals surface area contributed by atoms with Gasteiger partial charge in [0.15, 0.2) is 0 Å². The molecule has 0 aromatic carbocycles. The summed E-state index contributed by atoms with van der Waals surface area (Å²) in [5.74, 6) is 2.16. The molecule has 1 heterocycles. The summed E-state index contributed by atoms with van der Waals surface area (Å²) in [5, 5.41) is 3.27. The van der Waals surface area contributed by atoms with E-state index in [1.54, 1.807) is 0 Å². The highest BCUT2D eigenvalue weighted by Crippen LogP contribution is 2.37. The SMILES string of the molecule is CCNC(c1ccc(C)o1)C1CCCC(S(C)(=O)=O)C1. The Balaban J connectivity index is 2.17. The maximum atomic E-state index is 11.8. The summed E-state index contributed by atoms with van der Waals surface area (Å²) in [7, 11) is -2.94. The van der Waals surface area contributed by atoms with E-state index < -0.39 is 9.84 Å². The third-order valence-corrected chi connectivity index (χ3v) is 5.87. The summed E-state index contributed by atoms with van der Waals surface area (Å²) in [6.07, 6.45) is 4.92. The molecule has 0 aliphatic heterocycles. The first-order chi connectivity index (χ1) is 9.41. The predicted molar refractivity (Wildman–Crippen MR) is 80.5 cm³/mol. The Morgan fingerprint density at radius 1 is 1.40 bits per heavy atom. The van der Waals surface area contributed by atoms with Gasteiger partial charge in [0.1, 0.15) is 21.4 Å². The van der Waals surface area contributed by atoms with Crippen molar-refractivity contribution >= 4 is 9.84 Å². The Kier molecular flexibility index (Phi) is 4.91. The second-order valence-electron chi connectivity index (χ2n) is 5.86. The third-order valence-electron chi connectivity index (χ3n) is 4.24. The molecule has 1 aromatic heterocycles. The van der Waals surface area contributed by atoms with Crippen LogP contribution < -0.4 is 5.32 Å². The van der Waals surface area contributed by atoms with Crippen molar-refractivity contribution < 1.29 is 12.8 Å². The fourth-order valence-corrected chi connectivity index (χ4v) is 4.40. The van der Waals surface area contributed by atoms with Crippen molar-refractivity contribution in [1.29, 1.82) is 0 Å². The number of furan rings is 1. The smallest absolute Gasteiger partial charge is 0.150 e. The molecule has 2 rings (SSSR count). The van der Waals surface area contributed by atoms with Crippen LogP contribution in [-0.4, -0.2) is 26.5 Å². The highest BCUT2D eigenvalue weighted by Gasteiger charge is 2.34. The molecule has 0 amide bonds. The highest BCUT2D eigenvalue weighted by molar-refractivity contribution is 7.91. The van der Waals surface area contributed by atoms with Gasteiger partial charge in [-0.2, -0.15) is 0 Å². The van der Waals surface area contributed by atoms with Gasteiger partial charge in [0.05, 0.1) is 11.3 Å². The average molecular weight is 299 g/mol. The van der Waals surface area contributed by atoms with Crippen LogP contribution in [0.15, 0.2) is 16.5 Å². The quantitative estimate of drug-likeness (QED) is 0.908. The molecule has 1 fully saturated rings. The molecule has 0 saturated heterocycles. The largest absolute Gasteiger partial charge is 0.465 e. The number of aryl methyl sites for hydroxylation is 1. The van der Waals surface area contributed by atoms with E-state index in [0.29, 0.717) is 5.92 Å². The Morgan fingerprint density at radius 2 is 2.15 bits per heavy atom. The van der Waals surface area contributed by atoms with E-state index in [1.807, 2.05) is 19.1 Å². The van der Waals surface area contributed by atoms with E-state index in [4.69, 9.17) is 4.42 Å². The minimum absolute atomic E-state index is 0.123. The van der Waals surface area contributed by atoms with E-state index >= 15 is 0 Å². The van der Waals surface area contributed by atoms with Gasteiger partial charge in [0, 0.05) is 6.26 Å². The van der Waals surface area contributed by atoms with E-state index in [2.05, 4.69) is 12.2 Å². The van der Waals surface area contributed by atoms with Crippen LogP contribution in [0.5, 0.6) is 0 Å². The molecule has 3 unspecified atom stereocenters. The van der Waals surface area contributed by atoms with Gasteiger partial charge in [0.2, 0.25) is 0 Å². The molecule has 0 spiro atoms. The van der Waals surface area contributed by atoms with Crippen molar-refractivity contribution in [1.82, 2.24) is 5.32 Å². The predicted octanol–water partition coefficient (Wildman–Crippen LogP) is 2.84. The van der Waals surface area contributed by atoms with Gasteiger partial charge >= 0.3 is 0 Å². The Bertz CT molecular complexity index is 535. The normalized spacial score (nSPS) is 25.6. The van der Waals surface area contributed by atoms with Crippen LogP contribution in [0.1, 0.15) is 50.2 Å². The first-order valence-electron chi connectivity index (χ1n) is 7.40. The number of sulfone groups is 1. The van der Waals surface area contributed by atoms with E-state index in [-0.39, 0.29) is 11.3 Å². The molecule has 1 aromatic rings. The number of hydrogen-bond acceptors (Lipinski definition) is 4. The first kappa shape index (κ1) is 15.6. The van der Waals surface area contributed by atoms with Crippen molar-refractivity contribution in [2.45, 2.75) is 50.8 Å². The lowest BCUT2D eigenvalue weighted by Gasteiger charge is -2.33. The second kappa shape index (κ2) is 6.31. The lowest BCUT2D eigenvalue weighted by molar-refractivity contribution is 0.246. The summed E-state index contributed by atoms with van der Waals surface area (Å²) in [4.78, 5) is 0. The molecule has 1 aliphatic carbocycles. The average Bonchev–Trinajstić information content (AvgIpc) is 2.81. The molecule has 1 aliphatic rings. The minimum Gasteiger partial charge on any atom is -0.465 e. The van der Waals surface area contributed by atoms with Crippen LogP contribution in [0, 0.1) is 12.8 Å². The van der Waals surface area contributed by atoms with Crippen molar-refractivity contribution in [3.05, 3.63) is 23.7 Å². The summed E-state index contributed by atoms with van der Waals surface area (Å²) in [6, 6.07) is 4.10. The van der Waals surface area contributed by atoms with E-state index in [1.165, 1.54) is 6.26 Å². The fourth-order valence-electron chi connectivity index (χ4n) is 3.21. The molecule has 0 bridgehead atoms. The molecule has 0 radical (unpaired) electrons. The van der Waals surface area contributed by atoms with Gasteiger partial charge in [-0.15, -0.1) is 0 Å². The van der Waals surface area contributed by atoms with Crippen LogP contribution in [0.2, 0.25) is 0 Å². The summed E-state index contributed by atoms with van der Waals surface area (Å²) >= 11 is 0. The van der Waals surface area contributed by atoms with Gasteiger partial charge in [0.25, 0.3) is 0 Å². The zero-order chi connectivity index (χ0) is 14.8. The first-order valence-corrected chi connectivity index (χ1v) is 9.36. The van der Waals surface area contributed by atoms with Gasteiger partial charge in [-0.25, -0.2) is 8.42 Å². The van der Waals surface area contributed by atoms with E-state index in [9.17, 15) is 8.42 Å². The van der Waals surface area contributed by atoms with Gasteiger partial charge < -0.3 is 9.73 Å². The molecule has 20 heavy (non-hydrogen) atoms. The molecule has 4 nitrogen and oxygen atoms in total. The van der Waals surface area contributed by atoms with Crippen molar-refractivity contribution in [2.24, 2.45) is 5.92 Å². The zero-order valence-corrected chi connectivity index (χ0v) is 13.4. The fraction of sp³-hybridized carbons (Fsp3) is 0.733. The van der Waals surface area contributed by atoms with E-state index in [0.717, 1.165) is 43.7 Å². The number of nitrogens with one attached hydrogen (secondary N) is 1. The van der Waals surface area contributed by atoms with Crippen molar-refractivity contribution in [3.8, 4) is 0 Å². The lowest BCUT2D eigenvalue weighted by Crippen LogP contribution is -2.35. The number of rotatable bonds is 5. The minimum atomic E-state index is -2.94. The standard InChI is InChI=1S/C15H25NO3S/c1-4-16-15(14-9-8-11(2)19-14)12-6-5-7-13(10-12)20(3,17)18/h8-9,12-13,15-16H,4-7,10H2,1-3H3. The Morgan fingerprint density at radius 3 is 2.70 bits per heavy atom. The van der Waals surface area contributed by atoms with Crippen LogP contribution in [0.4, 0.5) is 0 Å². The second-order valence-corrected chi connectivity index (χ2v) is 8.19. The highest BCUT2D eigenvalue weighted by atomic mass is 32.2. The molecule has 114 valence electrons. The Labute approximate surface area is 121 Å².